The summed E-state index contributed by atoms with van der Waals surface area (Å²) in [6.45, 7) is 0.148. The molecule has 0 radical (unpaired) electrons. The molecule has 168 valence electrons. The van der Waals surface area contributed by atoms with E-state index in [9.17, 15) is 24.3 Å². The number of aliphatic carboxylic acids is 1. The fourth-order valence-electron chi connectivity index (χ4n) is 5.05. The molecule has 2 fully saturated rings. The van der Waals surface area contributed by atoms with Crippen molar-refractivity contribution in [3.8, 4) is 5.75 Å². The van der Waals surface area contributed by atoms with Crippen LogP contribution in [0.15, 0.2) is 36.4 Å². The van der Waals surface area contributed by atoms with Crippen LogP contribution < -0.4 is 26.4 Å². The van der Waals surface area contributed by atoms with Gasteiger partial charge in [0.1, 0.15) is 11.3 Å². The van der Waals surface area contributed by atoms with Gasteiger partial charge in [0.15, 0.2) is 0 Å². The zero-order valence-corrected chi connectivity index (χ0v) is 17.4. The number of rotatable bonds is 7. The van der Waals surface area contributed by atoms with E-state index in [0.717, 1.165) is 10.8 Å². The Morgan fingerprint density at radius 2 is 1.88 bits per heavy atom. The number of urea groups is 1. The molecule has 2 aliphatic rings. The number of hydrogen-bond donors (Lipinski definition) is 5. The van der Waals surface area contributed by atoms with E-state index in [-0.39, 0.29) is 19.4 Å². The highest BCUT2D eigenvalue weighted by Gasteiger charge is 2.66. The lowest BCUT2D eigenvalue weighted by Gasteiger charge is -2.30. The van der Waals surface area contributed by atoms with Crippen molar-refractivity contribution in [1.82, 2.24) is 16.0 Å². The number of fused-ring (bicyclic) bond motifs is 2. The van der Waals surface area contributed by atoms with Gasteiger partial charge in [0, 0.05) is 18.0 Å². The fourth-order valence-corrected chi connectivity index (χ4v) is 5.05. The smallest absolute Gasteiger partial charge is 0.324 e. The lowest BCUT2D eigenvalue weighted by atomic mass is 9.76. The van der Waals surface area contributed by atoms with Crippen LogP contribution in [0.2, 0.25) is 0 Å². The first-order valence-electron chi connectivity index (χ1n) is 10.2. The van der Waals surface area contributed by atoms with Gasteiger partial charge in [0.2, 0.25) is 11.8 Å². The molecule has 0 aromatic heterocycles. The largest absolute Gasteiger partial charge is 0.496 e. The summed E-state index contributed by atoms with van der Waals surface area (Å²) >= 11 is 0. The van der Waals surface area contributed by atoms with Gasteiger partial charge in [-0.05, 0) is 29.9 Å². The summed E-state index contributed by atoms with van der Waals surface area (Å²) in [5, 5.41) is 19.7. The van der Waals surface area contributed by atoms with Crippen molar-refractivity contribution in [1.29, 1.82) is 0 Å². The van der Waals surface area contributed by atoms with Crippen molar-refractivity contribution in [2.75, 3.05) is 13.7 Å². The Morgan fingerprint density at radius 1 is 1.16 bits per heavy atom. The summed E-state index contributed by atoms with van der Waals surface area (Å²) in [5.74, 6) is -3.68. The van der Waals surface area contributed by atoms with Gasteiger partial charge in [0.05, 0.1) is 18.9 Å². The van der Waals surface area contributed by atoms with E-state index < -0.39 is 47.2 Å². The van der Waals surface area contributed by atoms with E-state index in [1.54, 1.807) is 19.2 Å². The topological polar surface area (TPSA) is 160 Å². The SMILES string of the molecule is COc1ccc(C2NC(CCCNC(N)=O)(C(=O)O)C3C(=O)NC(=O)C23)c2ccccc12. The third-order valence-electron chi connectivity index (χ3n) is 6.40. The molecule has 2 heterocycles. The number of primary amides is 1. The predicted octanol–water partition coefficient (Wildman–Crippen LogP) is 0.653. The lowest BCUT2D eigenvalue weighted by Crippen LogP contribution is -2.55. The summed E-state index contributed by atoms with van der Waals surface area (Å²) in [4.78, 5) is 49.0. The first kappa shape index (κ1) is 21.6. The molecule has 6 N–H and O–H groups in total. The molecular weight excluding hydrogens is 416 g/mol. The third kappa shape index (κ3) is 3.32. The summed E-state index contributed by atoms with van der Waals surface area (Å²) in [6, 6.07) is 9.58. The van der Waals surface area contributed by atoms with Crippen molar-refractivity contribution < 1.29 is 29.0 Å². The number of carboxylic acid groups (broad SMARTS) is 1. The number of carboxylic acids is 1. The quantitative estimate of drug-likeness (QED) is 0.312. The van der Waals surface area contributed by atoms with Crippen molar-refractivity contribution in [2.45, 2.75) is 24.4 Å². The summed E-state index contributed by atoms with van der Waals surface area (Å²) in [6.07, 6.45) is 0.276. The standard InChI is InChI=1S/C22H24N4O6/c1-32-14-8-7-13(11-5-2-3-6-12(11)14)17-15-16(19(28)25-18(15)27)22(26-17,20(29)30)9-4-10-24-21(23)31/h2-3,5-8,15-17,26H,4,9-10H2,1H3,(H,29,30)(H3,23,24,31)(H,25,27,28). The Hall–Kier alpha value is -3.66. The minimum absolute atomic E-state index is 0.0229. The van der Waals surface area contributed by atoms with Gasteiger partial charge in [0.25, 0.3) is 0 Å². The van der Waals surface area contributed by atoms with Crippen molar-refractivity contribution in [3.05, 3.63) is 42.0 Å². The van der Waals surface area contributed by atoms with Crippen LogP contribution in [0, 0.1) is 11.8 Å². The molecule has 4 unspecified atom stereocenters. The lowest BCUT2D eigenvalue weighted by molar-refractivity contribution is -0.149. The minimum atomic E-state index is -1.67. The Balaban J connectivity index is 1.78. The molecule has 0 aliphatic carbocycles. The van der Waals surface area contributed by atoms with Gasteiger partial charge in [-0.2, -0.15) is 0 Å². The number of nitrogens with one attached hydrogen (secondary N) is 3. The highest BCUT2D eigenvalue weighted by atomic mass is 16.5. The van der Waals surface area contributed by atoms with Crippen molar-refractivity contribution >= 4 is 34.6 Å². The average molecular weight is 440 g/mol. The highest BCUT2D eigenvalue weighted by Crippen LogP contribution is 2.49. The number of carbonyl (C=O) groups excluding carboxylic acids is 3. The predicted molar refractivity (Wildman–Crippen MR) is 114 cm³/mol. The molecule has 0 bridgehead atoms. The molecule has 2 aromatic rings. The van der Waals surface area contributed by atoms with Crippen LogP contribution in [-0.2, 0) is 14.4 Å². The minimum Gasteiger partial charge on any atom is -0.496 e. The van der Waals surface area contributed by atoms with Crippen molar-refractivity contribution in [2.24, 2.45) is 17.6 Å². The zero-order valence-electron chi connectivity index (χ0n) is 17.4. The summed E-state index contributed by atoms with van der Waals surface area (Å²) in [7, 11) is 1.56. The zero-order chi connectivity index (χ0) is 23.0. The molecular formula is C22H24N4O6. The van der Waals surface area contributed by atoms with E-state index in [2.05, 4.69) is 16.0 Å². The number of amides is 4. The van der Waals surface area contributed by atoms with Gasteiger partial charge in [-0.15, -0.1) is 0 Å². The van der Waals surface area contributed by atoms with Crippen LogP contribution in [0.1, 0.15) is 24.4 Å². The number of hydrogen-bond acceptors (Lipinski definition) is 6. The molecule has 4 amide bonds. The Kier molecular flexibility index (Phi) is 5.47. The number of benzene rings is 2. The second kappa shape index (κ2) is 8.12. The summed E-state index contributed by atoms with van der Waals surface area (Å²) in [5.41, 5.74) is 4.11. The fraction of sp³-hybridized carbons (Fsp3) is 0.364. The molecule has 0 saturated carbocycles. The van der Waals surface area contributed by atoms with Gasteiger partial charge >= 0.3 is 12.0 Å². The number of carbonyl (C=O) groups is 4. The Morgan fingerprint density at radius 3 is 2.53 bits per heavy atom. The van der Waals surface area contributed by atoms with Crippen LogP contribution in [-0.4, -0.2) is 48.1 Å². The number of ether oxygens (including phenoxy) is 1. The molecule has 4 atom stereocenters. The van der Waals surface area contributed by atoms with Crippen molar-refractivity contribution in [3.63, 3.8) is 0 Å². The van der Waals surface area contributed by atoms with E-state index in [1.165, 1.54) is 0 Å². The molecule has 2 aliphatic heterocycles. The molecule has 10 nitrogen and oxygen atoms in total. The average Bonchev–Trinajstić information content (AvgIpc) is 3.27. The molecule has 32 heavy (non-hydrogen) atoms. The van der Waals surface area contributed by atoms with Crippen LogP contribution in [0.25, 0.3) is 10.8 Å². The normalized spacial score (nSPS) is 26.6. The monoisotopic (exact) mass is 440 g/mol. The van der Waals surface area contributed by atoms with Gasteiger partial charge in [-0.25, -0.2) is 4.79 Å². The first-order valence-corrected chi connectivity index (χ1v) is 10.2. The van der Waals surface area contributed by atoms with Crippen LogP contribution >= 0.6 is 0 Å². The third-order valence-corrected chi connectivity index (χ3v) is 6.40. The molecule has 0 spiro atoms. The second-order valence-electron chi connectivity index (χ2n) is 8.05. The van der Waals surface area contributed by atoms with Crippen LogP contribution in [0.5, 0.6) is 5.75 Å². The van der Waals surface area contributed by atoms with E-state index >= 15 is 0 Å². The van der Waals surface area contributed by atoms with Gasteiger partial charge in [-0.1, -0.05) is 30.3 Å². The van der Waals surface area contributed by atoms with E-state index in [1.807, 2.05) is 24.3 Å². The van der Waals surface area contributed by atoms with Crippen LogP contribution in [0.3, 0.4) is 0 Å². The molecule has 10 heteroatoms. The Labute approximate surface area is 183 Å². The maximum Gasteiger partial charge on any atom is 0.324 e. The maximum atomic E-state index is 12.8. The van der Waals surface area contributed by atoms with E-state index in [0.29, 0.717) is 11.3 Å². The number of methoxy groups -OCH3 is 1. The Bertz CT molecular complexity index is 1120. The number of nitrogens with two attached hydrogens (primary N) is 1. The van der Waals surface area contributed by atoms with Gasteiger partial charge in [-0.3, -0.25) is 25.0 Å². The first-order chi connectivity index (χ1) is 15.3. The molecule has 4 rings (SSSR count). The molecule has 2 aromatic carbocycles. The van der Waals surface area contributed by atoms with Crippen LogP contribution in [0.4, 0.5) is 4.79 Å². The number of imide groups is 1. The van der Waals surface area contributed by atoms with Gasteiger partial charge < -0.3 is 20.9 Å². The molecule has 2 saturated heterocycles. The maximum absolute atomic E-state index is 12.8. The van der Waals surface area contributed by atoms with E-state index in [4.69, 9.17) is 10.5 Å². The highest BCUT2D eigenvalue weighted by molar-refractivity contribution is 6.09. The second-order valence-corrected chi connectivity index (χ2v) is 8.05. The summed E-state index contributed by atoms with van der Waals surface area (Å²) < 4.78 is 5.44.